The highest BCUT2D eigenvalue weighted by Gasteiger charge is 2.46. The summed E-state index contributed by atoms with van der Waals surface area (Å²) in [6.07, 6.45) is 0.891. The topological polar surface area (TPSA) is 92.6 Å². The van der Waals surface area contributed by atoms with Crippen molar-refractivity contribution in [3.05, 3.63) is 98.4 Å². The maximum Gasteiger partial charge on any atom is 0.296 e. The first-order valence-electron chi connectivity index (χ1n) is 12.6. The summed E-state index contributed by atoms with van der Waals surface area (Å²) in [5, 5.41) is 22.3. The van der Waals surface area contributed by atoms with E-state index in [0.717, 1.165) is 12.0 Å². The quantitative estimate of drug-likeness (QED) is 0.105. The third-order valence-electron chi connectivity index (χ3n) is 6.21. The number of amides is 1. The molecule has 0 fully saturated rings. The minimum absolute atomic E-state index is 0.0114. The zero-order chi connectivity index (χ0) is 28.2. The third kappa shape index (κ3) is 6.25. The van der Waals surface area contributed by atoms with Crippen LogP contribution in [-0.4, -0.2) is 33.6 Å². The molecule has 4 aromatic rings. The van der Waals surface area contributed by atoms with Gasteiger partial charge in [-0.1, -0.05) is 78.9 Å². The number of thioether (sulfide) groups is 1. The van der Waals surface area contributed by atoms with Crippen molar-refractivity contribution in [2.45, 2.75) is 36.4 Å². The van der Waals surface area contributed by atoms with Crippen molar-refractivity contribution < 1.29 is 19.4 Å². The Morgan fingerprint density at radius 3 is 2.67 bits per heavy atom. The normalized spacial score (nSPS) is 15.3. The number of nitrogens with zero attached hydrogens (tertiary/aromatic N) is 3. The van der Waals surface area contributed by atoms with Crippen LogP contribution in [0.25, 0.3) is 0 Å². The second-order valence-corrected chi connectivity index (χ2v) is 13.1. The van der Waals surface area contributed by atoms with Crippen molar-refractivity contribution in [2.75, 3.05) is 11.5 Å². The number of thiophene rings is 1. The molecule has 0 spiro atoms. The van der Waals surface area contributed by atoms with Crippen molar-refractivity contribution in [1.29, 1.82) is 0 Å². The summed E-state index contributed by atoms with van der Waals surface area (Å²) in [5.41, 5.74) is 1.71. The Morgan fingerprint density at radius 2 is 1.95 bits per heavy atom. The number of rotatable bonds is 11. The van der Waals surface area contributed by atoms with Gasteiger partial charge >= 0.3 is 0 Å². The Bertz CT molecular complexity index is 1530. The number of benzene rings is 2. The lowest BCUT2D eigenvalue weighted by atomic mass is 9.95. The molecule has 1 aliphatic rings. The number of ether oxygens (including phenoxy) is 1. The van der Waals surface area contributed by atoms with Gasteiger partial charge in [0, 0.05) is 10.8 Å². The van der Waals surface area contributed by atoms with Crippen molar-refractivity contribution in [3.8, 4) is 5.75 Å². The summed E-state index contributed by atoms with van der Waals surface area (Å²) in [6.45, 7) is 4.80. The van der Waals surface area contributed by atoms with Gasteiger partial charge in [-0.15, -0.1) is 21.5 Å². The minimum atomic E-state index is -0.891. The standard InChI is InChI=1S/C29H26ClN3O4S3/c1-17(2)12-13-37-21-6-3-5-19(15-21)24-23(25(34)22-7-4-14-38-22)26(35)27(36)33(24)28-31-32-29(40-28)39-16-18-8-10-20(30)11-9-18/h3-11,14-15,17,24,35H,12-13,16H2,1-2H3. The van der Waals surface area contributed by atoms with Crippen LogP contribution >= 0.6 is 46.0 Å². The molecule has 206 valence electrons. The molecule has 0 radical (unpaired) electrons. The van der Waals surface area contributed by atoms with Gasteiger partial charge in [-0.05, 0) is 59.2 Å². The van der Waals surface area contributed by atoms with Gasteiger partial charge in [0.1, 0.15) is 5.75 Å². The van der Waals surface area contributed by atoms with Gasteiger partial charge < -0.3 is 9.84 Å². The molecule has 1 amide bonds. The molecule has 0 aliphatic carbocycles. The highest BCUT2D eigenvalue weighted by atomic mass is 35.5. The van der Waals surface area contributed by atoms with Crippen LogP contribution in [0.5, 0.6) is 5.75 Å². The number of Topliss-reactive ketones (excluding diaryl/α,β-unsaturated/α-hetero) is 1. The number of carbonyl (C=O) groups excluding carboxylic acids is 2. The van der Waals surface area contributed by atoms with Gasteiger partial charge in [0.2, 0.25) is 10.9 Å². The van der Waals surface area contributed by atoms with E-state index in [1.165, 1.54) is 39.3 Å². The third-order valence-corrected chi connectivity index (χ3v) is 9.46. The fourth-order valence-electron chi connectivity index (χ4n) is 4.16. The Kier molecular flexibility index (Phi) is 8.90. The second kappa shape index (κ2) is 12.6. The smallest absolute Gasteiger partial charge is 0.296 e. The van der Waals surface area contributed by atoms with Crippen molar-refractivity contribution >= 4 is 62.9 Å². The lowest BCUT2D eigenvalue weighted by molar-refractivity contribution is -0.117. The summed E-state index contributed by atoms with van der Waals surface area (Å²) in [7, 11) is 0. The van der Waals surface area contributed by atoms with Gasteiger partial charge in [0.15, 0.2) is 10.1 Å². The Morgan fingerprint density at radius 1 is 1.15 bits per heavy atom. The monoisotopic (exact) mass is 611 g/mol. The van der Waals surface area contributed by atoms with E-state index in [0.29, 0.717) is 49.0 Å². The number of aliphatic hydroxyl groups is 1. The van der Waals surface area contributed by atoms with Gasteiger partial charge in [-0.2, -0.15) is 0 Å². The van der Waals surface area contributed by atoms with Crippen LogP contribution in [0.2, 0.25) is 5.02 Å². The molecule has 1 N–H and O–H groups in total. The molecule has 0 saturated carbocycles. The number of aromatic nitrogens is 2. The van der Waals surface area contributed by atoms with Crippen LogP contribution in [0, 0.1) is 5.92 Å². The Labute approximate surface area is 249 Å². The van der Waals surface area contributed by atoms with Crippen LogP contribution in [0.4, 0.5) is 5.13 Å². The fraction of sp³-hybridized carbons (Fsp3) is 0.241. The molecule has 1 atom stereocenters. The number of aliphatic hydroxyl groups excluding tert-OH is 1. The molecule has 2 aromatic carbocycles. The lowest BCUT2D eigenvalue weighted by Crippen LogP contribution is -2.31. The van der Waals surface area contributed by atoms with Gasteiger partial charge in [-0.25, -0.2) is 0 Å². The molecule has 0 bridgehead atoms. The first kappa shape index (κ1) is 28.4. The zero-order valence-corrected chi connectivity index (χ0v) is 24.9. The van der Waals surface area contributed by atoms with Crippen LogP contribution < -0.4 is 9.64 Å². The number of ketones is 1. The molecule has 3 heterocycles. The predicted molar refractivity (Wildman–Crippen MR) is 161 cm³/mol. The number of hydrogen-bond donors (Lipinski definition) is 1. The van der Waals surface area contributed by atoms with E-state index in [1.54, 1.807) is 17.5 Å². The largest absolute Gasteiger partial charge is 0.503 e. The maximum absolute atomic E-state index is 13.6. The number of carbonyl (C=O) groups is 2. The molecule has 11 heteroatoms. The SMILES string of the molecule is CC(C)CCOc1cccc(C2C(C(=O)c3cccs3)=C(O)C(=O)N2c2nnc(SCc3ccc(Cl)cc3)s2)c1. The first-order chi connectivity index (χ1) is 19.3. The van der Waals surface area contributed by atoms with E-state index < -0.39 is 23.5 Å². The summed E-state index contributed by atoms with van der Waals surface area (Å²) < 4.78 is 6.62. The zero-order valence-electron chi connectivity index (χ0n) is 21.7. The molecule has 2 aromatic heterocycles. The summed E-state index contributed by atoms with van der Waals surface area (Å²) in [4.78, 5) is 28.9. The average Bonchev–Trinajstić information content (AvgIpc) is 3.69. The van der Waals surface area contributed by atoms with Crippen LogP contribution in [0.15, 0.2) is 81.7 Å². The van der Waals surface area contributed by atoms with Crippen molar-refractivity contribution in [1.82, 2.24) is 10.2 Å². The highest BCUT2D eigenvalue weighted by Crippen LogP contribution is 2.44. The van der Waals surface area contributed by atoms with Gasteiger partial charge in [0.05, 0.1) is 23.1 Å². The van der Waals surface area contributed by atoms with Crippen LogP contribution in [-0.2, 0) is 10.5 Å². The summed E-state index contributed by atoms with van der Waals surface area (Å²) in [6, 6.07) is 17.4. The van der Waals surface area contributed by atoms with Crippen molar-refractivity contribution in [3.63, 3.8) is 0 Å². The van der Waals surface area contributed by atoms with Gasteiger partial charge in [-0.3, -0.25) is 14.5 Å². The van der Waals surface area contributed by atoms with E-state index in [1.807, 2.05) is 48.5 Å². The number of anilines is 1. The molecule has 5 rings (SSSR count). The van der Waals surface area contributed by atoms with E-state index in [9.17, 15) is 14.7 Å². The second-order valence-electron chi connectivity index (χ2n) is 9.52. The van der Waals surface area contributed by atoms with E-state index in [-0.39, 0.29) is 5.57 Å². The Hall–Kier alpha value is -3.18. The molecule has 7 nitrogen and oxygen atoms in total. The lowest BCUT2D eigenvalue weighted by Gasteiger charge is -2.24. The average molecular weight is 612 g/mol. The van der Waals surface area contributed by atoms with E-state index in [4.69, 9.17) is 16.3 Å². The summed E-state index contributed by atoms with van der Waals surface area (Å²) >= 11 is 9.95. The fourth-order valence-corrected chi connectivity index (χ4v) is 6.79. The Balaban J connectivity index is 1.47. The minimum Gasteiger partial charge on any atom is -0.503 e. The summed E-state index contributed by atoms with van der Waals surface area (Å²) in [5.74, 6) is 0.0780. The first-order valence-corrected chi connectivity index (χ1v) is 15.7. The molecule has 1 aliphatic heterocycles. The number of halogens is 1. The van der Waals surface area contributed by atoms with E-state index >= 15 is 0 Å². The molecular formula is C29H26ClN3O4S3. The van der Waals surface area contributed by atoms with E-state index in [2.05, 4.69) is 24.0 Å². The van der Waals surface area contributed by atoms with Crippen LogP contribution in [0.1, 0.15) is 47.1 Å². The molecule has 1 unspecified atom stereocenters. The molecular weight excluding hydrogens is 586 g/mol. The molecule has 40 heavy (non-hydrogen) atoms. The molecule has 0 saturated heterocycles. The maximum atomic E-state index is 13.6. The van der Waals surface area contributed by atoms with Crippen LogP contribution in [0.3, 0.4) is 0 Å². The number of hydrogen-bond acceptors (Lipinski definition) is 9. The van der Waals surface area contributed by atoms with Crippen molar-refractivity contribution in [2.24, 2.45) is 5.92 Å². The van der Waals surface area contributed by atoms with Gasteiger partial charge in [0.25, 0.3) is 5.91 Å². The predicted octanol–water partition coefficient (Wildman–Crippen LogP) is 7.75. The highest BCUT2D eigenvalue weighted by molar-refractivity contribution is 8.00.